The van der Waals surface area contributed by atoms with E-state index in [0.29, 0.717) is 27.7 Å². The number of halogens is 3. The lowest BCUT2D eigenvalue weighted by Gasteiger charge is -2.35. The second-order valence-corrected chi connectivity index (χ2v) is 10.4. The van der Waals surface area contributed by atoms with Gasteiger partial charge in [0.1, 0.15) is 6.04 Å². The molecule has 0 aliphatic carbocycles. The van der Waals surface area contributed by atoms with Gasteiger partial charge in [-0.3, -0.25) is 4.90 Å². The van der Waals surface area contributed by atoms with Crippen LogP contribution in [0.5, 0.6) is 0 Å². The number of alkyl halides is 3. The Balaban J connectivity index is 1.68. The van der Waals surface area contributed by atoms with Crippen LogP contribution >= 0.6 is 11.8 Å². The predicted molar refractivity (Wildman–Crippen MR) is 153 cm³/mol. The van der Waals surface area contributed by atoms with E-state index in [2.05, 4.69) is 11.1 Å². The average molecular weight is 582 g/mol. The SMILES string of the molecule is CCOC(=O)C1=C(C)N(c2cccc(C(F)(F)F)c2)C(SCCCCCn2ccnc2)=NC1c1ccc(C#N)cc1. The maximum Gasteiger partial charge on any atom is 0.416 e. The summed E-state index contributed by atoms with van der Waals surface area (Å²) in [4.78, 5) is 23.8. The Hall–Kier alpha value is -4.04. The maximum atomic E-state index is 13.6. The van der Waals surface area contributed by atoms with Crippen LogP contribution in [0.15, 0.2) is 83.5 Å². The number of ether oxygens (including phenoxy) is 1. The molecule has 2 heterocycles. The van der Waals surface area contributed by atoms with Crippen molar-refractivity contribution in [2.45, 2.75) is 51.9 Å². The molecule has 41 heavy (non-hydrogen) atoms. The molecule has 0 bridgehead atoms. The second kappa shape index (κ2) is 13.5. The third-order valence-corrected chi connectivity index (χ3v) is 7.60. The number of aliphatic imine (C=N–C) groups is 1. The molecule has 3 aromatic rings. The molecule has 0 N–H and O–H groups in total. The molecule has 1 aliphatic rings. The quantitative estimate of drug-likeness (QED) is 0.187. The number of carbonyl (C=O) groups is 1. The number of anilines is 1. The fourth-order valence-electron chi connectivity index (χ4n) is 4.53. The number of aryl methyl sites for hydroxylation is 1. The van der Waals surface area contributed by atoms with Gasteiger partial charge in [-0.25, -0.2) is 14.8 Å². The first kappa shape index (κ1) is 29.9. The van der Waals surface area contributed by atoms with Gasteiger partial charge < -0.3 is 9.30 Å². The van der Waals surface area contributed by atoms with Crippen LogP contribution in [0.3, 0.4) is 0 Å². The minimum absolute atomic E-state index is 0.129. The number of esters is 1. The molecular formula is C30H30F3N5O2S. The summed E-state index contributed by atoms with van der Waals surface area (Å²) in [6, 6.07) is 13.1. The lowest BCUT2D eigenvalue weighted by Crippen LogP contribution is -2.35. The van der Waals surface area contributed by atoms with E-state index in [-0.39, 0.29) is 17.9 Å². The van der Waals surface area contributed by atoms with Crippen molar-refractivity contribution < 1.29 is 22.7 Å². The molecule has 1 aromatic heterocycles. The van der Waals surface area contributed by atoms with Crippen LogP contribution in [0.2, 0.25) is 0 Å². The zero-order valence-corrected chi connectivity index (χ0v) is 23.6. The van der Waals surface area contributed by atoms with Gasteiger partial charge in [-0.1, -0.05) is 36.4 Å². The van der Waals surface area contributed by atoms with Gasteiger partial charge in [0.2, 0.25) is 0 Å². The topological polar surface area (TPSA) is 83.5 Å². The smallest absolute Gasteiger partial charge is 0.416 e. The molecule has 0 radical (unpaired) electrons. The molecule has 7 nitrogen and oxygen atoms in total. The Bertz CT molecular complexity index is 1440. The molecule has 11 heteroatoms. The van der Waals surface area contributed by atoms with Gasteiger partial charge in [0.15, 0.2) is 5.17 Å². The summed E-state index contributed by atoms with van der Waals surface area (Å²) in [5.74, 6) is 0.0870. The Labute approximate surface area is 241 Å². The van der Waals surface area contributed by atoms with Gasteiger partial charge in [0, 0.05) is 36.1 Å². The molecule has 1 aliphatic heterocycles. The lowest BCUT2D eigenvalue weighted by atomic mass is 9.95. The summed E-state index contributed by atoms with van der Waals surface area (Å²) in [7, 11) is 0. The number of rotatable bonds is 10. The fraction of sp³-hybridized carbons (Fsp3) is 0.333. The number of nitrogens with zero attached hydrogens (tertiary/aromatic N) is 5. The number of amidine groups is 1. The van der Waals surface area contributed by atoms with E-state index in [1.165, 1.54) is 17.8 Å². The third-order valence-electron chi connectivity index (χ3n) is 6.56. The zero-order valence-electron chi connectivity index (χ0n) is 22.8. The monoisotopic (exact) mass is 581 g/mol. The number of imidazole rings is 1. The minimum atomic E-state index is -4.53. The van der Waals surface area contributed by atoms with Crippen LogP contribution in [0.1, 0.15) is 55.8 Å². The first-order chi connectivity index (χ1) is 19.7. The van der Waals surface area contributed by atoms with E-state index in [9.17, 15) is 23.2 Å². The molecule has 214 valence electrons. The third kappa shape index (κ3) is 7.38. The zero-order chi connectivity index (χ0) is 29.4. The molecule has 1 atom stereocenters. The molecule has 2 aromatic carbocycles. The number of unbranched alkanes of at least 4 members (excludes halogenated alkanes) is 2. The van der Waals surface area contributed by atoms with E-state index in [0.717, 1.165) is 37.9 Å². The van der Waals surface area contributed by atoms with Crippen LogP contribution in [-0.4, -0.2) is 33.0 Å². The highest BCUT2D eigenvalue weighted by molar-refractivity contribution is 8.14. The Morgan fingerprint density at radius 2 is 1.93 bits per heavy atom. The van der Waals surface area contributed by atoms with Crippen molar-refractivity contribution >= 4 is 28.6 Å². The first-order valence-electron chi connectivity index (χ1n) is 13.2. The number of aromatic nitrogens is 2. The molecular weight excluding hydrogens is 551 g/mol. The van der Waals surface area contributed by atoms with Crippen molar-refractivity contribution in [1.82, 2.24) is 9.55 Å². The van der Waals surface area contributed by atoms with Crippen LogP contribution < -0.4 is 4.90 Å². The summed E-state index contributed by atoms with van der Waals surface area (Å²) in [5.41, 5.74) is 1.27. The molecule has 0 amide bonds. The summed E-state index contributed by atoms with van der Waals surface area (Å²) >= 11 is 1.44. The Morgan fingerprint density at radius 3 is 2.59 bits per heavy atom. The molecule has 1 unspecified atom stereocenters. The van der Waals surface area contributed by atoms with Crippen molar-refractivity contribution in [2.24, 2.45) is 4.99 Å². The Morgan fingerprint density at radius 1 is 1.15 bits per heavy atom. The van der Waals surface area contributed by atoms with Crippen LogP contribution in [0.4, 0.5) is 18.9 Å². The highest BCUT2D eigenvalue weighted by atomic mass is 32.2. The summed E-state index contributed by atoms with van der Waals surface area (Å²) in [5, 5.41) is 9.72. The fourth-order valence-corrected chi connectivity index (χ4v) is 5.61. The van der Waals surface area contributed by atoms with Gasteiger partial charge in [-0.2, -0.15) is 18.4 Å². The number of carbonyl (C=O) groups excluding carboxylic acids is 1. The highest BCUT2D eigenvalue weighted by Crippen LogP contribution is 2.41. The predicted octanol–water partition coefficient (Wildman–Crippen LogP) is 7.13. The van der Waals surface area contributed by atoms with Gasteiger partial charge in [-0.15, -0.1) is 0 Å². The number of thioether (sulfide) groups is 1. The summed E-state index contributed by atoms with van der Waals surface area (Å²) in [6.07, 6.45) is 3.67. The summed E-state index contributed by atoms with van der Waals surface area (Å²) < 4.78 is 48.3. The van der Waals surface area contributed by atoms with Gasteiger partial charge in [-0.05, 0) is 62.6 Å². The number of hydrogen-bond acceptors (Lipinski definition) is 7. The van der Waals surface area contributed by atoms with Crippen molar-refractivity contribution in [2.75, 3.05) is 17.3 Å². The van der Waals surface area contributed by atoms with E-state index in [4.69, 9.17) is 9.73 Å². The van der Waals surface area contributed by atoms with Crippen LogP contribution in [-0.2, 0) is 22.3 Å². The van der Waals surface area contributed by atoms with E-state index >= 15 is 0 Å². The normalized spacial score (nSPS) is 15.5. The largest absolute Gasteiger partial charge is 0.463 e. The number of nitriles is 1. The Kier molecular flexibility index (Phi) is 9.89. The average Bonchev–Trinajstić information content (AvgIpc) is 3.48. The molecule has 0 saturated carbocycles. The van der Waals surface area contributed by atoms with Crippen molar-refractivity contribution in [3.8, 4) is 6.07 Å². The van der Waals surface area contributed by atoms with Gasteiger partial charge >= 0.3 is 12.1 Å². The van der Waals surface area contributed by atoms with Crippen molar-refractivity contribution in [3.63, 3.8) is 0 Å². The van der Waals surface area contributed by atoms with Gasteiger partial charge in [0.05, 0.1) is 35.7 Å². The van der Waals surface area contributed by atoms with E-state index < -0.39 is 23.8 Å². The lowest BCUT2D eigenvalue weighted by molar-refractivity contribution is -0.139. The molecule has 0 fully saturated rings. The number of allylic oxidation sites excluding steroid dienone is 1. The number of benzene rings is 2. The minimum Gasteiger partial charge on any atom is -0.463 e. The second-order valence-electron chi connectivity index (χ2n) is 9.36. The summed E-state index contributed by atoms with van der Waals surface area (Å²) in [6.45, 7) is 4.37. The molecule has 4 rings (SSSR count). The van der Waals surface area contributed by atoms with Crippen LogP contribution in [0.25, 0.3) is 0 Å². The van der Waals surface area contributed by atoms with Crippen molar-refractivity contribution in [1.29, 1.82) is 5.26 Å². The number of hydrogen-bond donors (Lipinski definition) is 0. The van der Waals surface area contributed by atoms with Crippen molar-refractivity contribution in [3.05, 3.63) is 95.2 Å². The van der Waals surface area contributed by atoms with E-state index in [1.54, 1.807) is 61.6 Å². The molecule has 0 spiro atoms. The van der Waals surface area contributed by atoms with E-state index in [1.807, 2.05) is 10.8 Å². The van der Waals surface area contributed by atoms with Gasteiger partial charge in [0.25, 0.3) is 0 Å². The maximum absolute atomic E-state index is 13.6. The molecule has 0 saturated heterocycles. The first-order valence-corrected chi connectivity index (χ1v) is 14.2. The highest BCUT2D eigenvalue weighted by Gasteiger charge is 2.36. The standard InChI is InChI=1S/C30H30F3N5O2S/c1-3-40-28(39)26-21(2)38(25-9-7-8-24(18-25)30(31,32)33)29(36-27(26)23-12-10-22(19-34)11-13-23)41-17-6-4-5-15-37-16-14-35-20-37/h7-14,16,18,20,27H,3-6,15,17H2,1-2H3. The van der Waals surface area contributed by atoms with Crippen LogP contribution in [0, 0.1) is 11.3 Å².